The number of rotatable bonds is 2. The largest absolute Gasteiger partial charge is 0.395 e. The number of hydrogen-bond acceptors (Lipinski definition) is 1. The molecule has 0 amide bonds. The molecule has 0 spiro atoms. The van der Waals surface area contributed by atoms with Gasteiger partial charge in [-0.15, -0.1) is 0 Å². The summed E-state index contributed by atoms with van der Waals surface area (Å²) >= 11 is 0. The molecule has 2 N–H and O–H groups in total. The zero-order valence-electron chi connectivity index (χ0n) is 8.01. The number of halogens is 3. The molecule has 2 unspecified atom stereocenters. The zero-order valence-corrected chi connectivity index (χ0v) is 8.01. The maximum atomic E-state index is 12.2. The Morgan fingerprint density at radius 2 is 2.21 bits per heavy atom. The minimum Gasteiger partial charge on any atom is -0.328 e. The molecule has 0 aromatic rings. The van der Waals surface area contributed by atoms with Crippen molar-refractivity contribution in [1.29, 1.82) is 0 Å². The van der Waals surface area contributed by atoms with Crippen molar-refractivity contribution in [3.8, 4) is 0 Å². The first kappa shape index (κ1) is 11.3. The fraction of sp³-hybridized carbons (Fsp3) is 0.600. The molecular formula is C10H14F3N. The summed E-state index contributed by atoms with van der Waals surface area (Å²) in [6, 6.07) is -0.00617. The highest BCUT2D eigenvalue weighted by Gasteiger charge is 2.37. The smallest absolute Gasteiger partial charge is 0.328 e. The van der Waals surface area contributed by atoms with Crippen LogP contribution in [0.1, 0.15) is 19.8 Å². The number of allylic oxidation sites excluding steroid dienone is 3. The molecule has 0 aromatic carbocycles. The van der Waals surface area contributed by atoms with Gasteiger partial charge in [0.25, 0.3) is 0 Å². The van der Waals surface area contributed by atoms with Crippen molar-refractivity contribution in [2.75, 3.05) is 0 Å². The molecule has 80 valence electrons. The van der Waals surface area contributed by atoms with E-state index in [4.69, 9.17) is 5.73 Å². The predicted molar refractivity (Wildman–Crippen MR) is 49.7 cm³/mol. The maximum absolute atomic E-state index is 12.2. The van der Waals surface area contributed by atoms with Crippen LogP contribution in [0.5, 0.6) is 0 Å². The topological polar surface area (TPSA) is 26.0 Å². The van der Waals surface area contributed by atoms with Crippen LogP contribution in [-0.4, -0.2) is 12.2 Å². The van der Waals surface area contributed by atoms with Gasteiger partial charge in [0.2, 0.25) is 0 Å². The first-order valence-corrected chi connectivity index (χ1v) is 4.59. The Kier molecular flexibility index (Phi) is 3.37. The van der Waals surface area contributed by atoms with E-state index in [0.29, 0.717) is 6.42 Å². The van der Waals surface area contributed by atoms with E-state index in [9.17, 15) is 13.2 Å². The molecule has 1 aliphatic carbocycles. The molecule has 1 rings (SSSR count). The lowest BCUT2D eigenvalue weighted by Gasteiger charge is -2.19. The van der Waals surface area contributed by atoms with Crippen LogP contribution in [0, 0.1) is 5.92 Å². The molecule has 0 bridgehead atoms. The van der Waals surface area contributed by atoms with Gasteiger partial charge in [-0.2, -0.15) is 13.2 Å². The maximum Gasteiger partial charge on any atom is 0.395 e. The predicted octanol–water partition coefficient (Wildman–Crippen LogP) is 2.79. The number of nitrogens with two attached hydrogens (primary N) is 1. The van der Waals surface area contributed by atoms with Crippen LogP contribution < -0.4 is 5.73 Å². The number of alkyl halides is 3. The van der Waals surface area contributed by atoms with Crippen LogP contribution in [-0.2, 0) is 0 Å². The van der Waals surface area contributed by atoms with Crippen molar-refractivity contribution in [2.45, 2.75) is 32.0 Å². The van der Waals surface area contributed by atoms with Crippen LogP contribution in [0.25, 0.3) is 0 Å². The molecule has 4 heteroatoms. The van der Waals surface area contributed by atoms with Gasteiger partial charge in [0.05, 0.1) is 5.92 Å². The van der Waals surface area contributed by atoms with Gasteiger partial charge in [0.15, 0.2) is 0 Å². The van der Waals surface area contributed by atoms with E-state index in [2.05, 4.69) is 0 Å². The lowest BCUT2D eigenvalue weighted by molar-refractivity contribution is -0.160. The third-order valence-corrected chi connectivity index (χ3v) is 2.15. The van der Waals surface area contributed by atoms with Crippen LogP contribution >= 0.6 is 0 Å². The molecule has 14 heavy (non-hydrogen) atoms. The van der Waals surface area contributed by atoms with E-state index >= 15 is 0 Å². The van der Waals surface area contributed by atoms with E-state index in [0.717, 1.165) is 5.57 Å². The summed E-state index contributed by atoms with van der Waals surface area (Å²) in [6.07, 6.45) is 0.945. The van der Waals surface area contributed by atoms with E-state index in [1.54, 1.807) is 6.08 Å². The zero-order chi connectivity index (χ0) is 10.8. The van der Waals surface area contributed by atoms with Gasteiger partial charge in [0.1, 0.15) is 0 Å². The Labute approximate surface area is 81.5 Å². The van der Waals surface area contributed by atoms with Crippen molar-refractivity contribution in [2.24, 2.45) is 11.7 Å². The van der Waals surface area contributed by atoms with E-state index in [-0.39, 0.29) is 12.5 Å². The summed E-state index contributed by atoms with van der Waals surface area (Å²) in [7, 11) is 0. The molecule has 0 fully saturated rings. The molecule has 0 radical (unpaired) electrons. The van der Waals surface area contributed by atoms with Crippen LogP contribution in [0.15, 0.2) is 23.8 Å². The molecule has 2 atom stereocenters. The molecule has 0 saturated carbocycles. The van der Waals surface area contributed by atoms with Crippen LogP contribution in [0.3, 0.4) is 0 Å². The fourth-order valence-corrected chi connectivity index (χ4v) is 1.43. The highest BCUT2D eigenvalue weighted by atomic mass is 19.4. The molecular weight excluding hydrogens is 191 g/mol. The molecule has 0 aromatic heterocycles. The Bertz CT molecular complexity index is 251. The minimum atomic E-state index is -4.12. The highest BCUT2D eigenvalue weighted by molar-refractivity contribution is 5.25. The lowest BCUT2D eigenvalue weighted by atomic mass is 9.93. The standard InChI is InChI=1S/C10H14F3N/c1-7(14)6-8-2-4-9(5-3-8)10(11,12)13/h2-4,7,9H,5-6,14H2,1H3. The molecule has 0 aliphatic heterocycles. The molecule has 0 heterocycles. The quantitative estimate of drug-likeness (QED) is 0.737. The number of hydrogen-bond donors (Lipinski definition) is 1. The van der Waals surface area contributed by atoms with Gasteiger partial charge in [0, 0.05) is 6.04 Å². The average Bonchev–Trinajstić information content (AvgIpc) is 2.02. The van der Waals surface area contributed by atoms with Crippen molar-refractivity contribution in [3.05, 3.63) is 23.8 Å². The van der Waals surface area contributed by atoms with E-state index in [1.807, 2.05) is 6.92 Å². The van der Waals surface area contributed by atoms with E-state index in [1.165, 1.54) is 12.2 Å². The van der Waals surface area contributed by atoms with Crippen molar-refractivity contribution in [1.82, 2.24) is 0 Å². The van der Waals surface area contributed by atoms with E-state index < -0.39 is 12.1 Å². The molecule has 1 aliphatic rings. The minimum absolute atomic E-state index is 0.00617. The molecule has 1 nitrogen and oxygen atoms in total. The van der Waals surface area contributed by atoms with Gasteiger partial charge in [-0.3, -0.25) is 0 Å². The van der Waals surface area contributed by atoms with Crippen LogP contribution in [0.2, 0.25) is 0 Å². The normalized spacial score (nSPS) is 24.6. The second-order valence-electron chi connectivity index (χ2n) is 3.70. The summed E-state index contributed by atoms with van der Waals surface area (Å²) in [5, 5.41) is 0. The SMILES string of the molecule is CC(N)CC1=CCC(C(F)(F)F)C=C1. The average molecular weight is 205 g/mol. The summed E-state index contributed by atoms with van der Waals surface area (Å²) in [6.45, 7) is 1.84. The first-order valence-electron chi connectivity index (χ1n) is 4.59. The van der Waals surface area contributed by atoms with Gasteiger partial charge >= 0.3 is 6.18 Å². The summed E-state index contributed by atoms with van der Waals surface area (Å²) < 4.78 is 36.7. The van der Waals surface area contributed by atoms with Crippen LogP contribution in [0.4, 0.5) is 13.2 Å². The summed E-state index contributed by atoms with van der Waals surface area (Å²) in [5.41, 5.74) is 6.45. The van der Waals surface area contributed by atoms with Gasteiger partial charge in [-0.1, -0.05) is 23.8 Å². The van der Waals surface area contributed by atoms with Gasteiger partial charge < -0.3 is 5.73 Å². The lowest BCUT2D eigenvalue weighted by Crippen LogP contribution is -2.22. The van der Waals surface area contributed by atoms with Gasteiger partial charge in [-0.25, -0.2) is 0 Å². The Morgan fingerprint density at radius 3 is 2.57 bits per heavy atom. The first-order chi connectivity index (χ1) is 6.39. The third-order valence-electron chi connectivity index (χ3n) is 2.15. The second kappa shape index (κ2) is 4.17. The highest BCUT2D eigenvalue weighted by Crippen LogP contribution is 2.33. The second-order valence-corrected chi connectivity index (χ2v) is 3.70. The third kappa shape index (κ3) is 3.18. The van der Waals surface area contributed by atoms with Crippen molar-refractivity contribution < 1.29 is 13.2 Å². The Hall–Kier alpha value is -0.770. The van der Waals surface area contributed by atoms with Crippen molar-refractivity contribution >= 4 is 0 Å². The summed E-state index contributed by atoms with van der Waals surface area (Å²) in [5.74, 6) is -1.32. The molecule has 0 saturated heterocycles. The van der Waals surface area contributed by atoms with Crippen molar-refractivity contribution in [3.63, 3.8) is 0 Å². The Balaban J connectivity index is 2.53. The Morgan fingerprint density at radius 1 is 1.57 bits per heavy atom. The monoisotopic (exact) mass is 205 g/mol. The van der Waals surface area contributed by atoms with Gasteiger partial charge in [-0.05, 0) is 19.8 Å². The fourth-order valence-electron chi connectivity index (χ4n) is 1.43. The summed E-state index contributed by atoms with van der Waals surface area (Å²) in [4.78, 5) is 0.